The molecule has 20 heavy (non-hydrogen) atoms. The average Bonchev–Trinajstić information content (AvgIpc) is 3.01. The highest BCUT2D eigenvalue weighted by Crippen LogP contribution is 2.53. The largest absolute Gasteiger partial charge is 0.508 e. The van der Waals surface area contributed by atoms with Gasteiger partial charge in [-0.2, -0.15) is 0 Å². The first kappa shape index (κ1) is 12.3. The molecule has 1 aliphatic heterocycles. The van der Waals surface area contributed by atoms with Crippen LogP contribution in [0.15, 0.2) is 23.9 Å². The van der Waals surface area contributed by atoms with Gasteiger partial charge in [-0.1, -0.05) is 12.5 Å². The van der Waals surface area contributed by atoms with E-state index in [1.807, 2.05) is 12.1 Å². The molecule has 1 heterocycles. The highest BCUT2D eigenvalue weighted by atomic mass is 16.3. The van der Waals surface area contributed by atoms with Gasteiger partial charge in [-0.05, 0) is 68.7 Å². The molecule has 0 bridgehead atoms. The maximum Gasteiger partial charge on any atom is 0.116 e. The molecule has 1 saturated carbocycles. The quantitative estimate of drug-likeness (QED) is 0.804. The van der Waals surface area contributed by atoms with Gasteiger partial charge >= 0.3 is 0 Å². The van der Waals surface area contributed by atoms with Gasteiger partial charge in [-0.25, -0.2) is 0 Å². The van der Waals surface area contributed by atoms with Gasteiger partial charge in [-0.15, -0.1) is 0 Å². The number of hydrogen-bond donors (Lipinski definition) is 1. The second kappa shape index (κ2) is 4.54. The summed E-state index contributed by atoms with van der Waals surface area (Å²) >= 11 is 0. The lowest BCUT2D eigenvalue weighted by Crippen LogP contribution is -2.31. The van der Waals surface area contributed by atoms with Crippen molar-refractivity contribution in [3.05, 3.63) is 35.0 Å². The van der Waals surface area contributed by atoms with Crippen molar-refractivity contribution in [2.24, 2.45) is 0 Å². The topological polar surface area (TPSA) is 23.5 Å². The summed E-state index contributed by atoms with van der Waals surface area (Å²) in [4.78, 5) is 2.64. The SMILES string of the molecule is Cc1cc(O)cc2c1N(C1=CCCCC1)C1CCCC21. The van der Waals surface area contributed by atoms with E-state index < -0.39 is 0 Å². The maximum atomic E-state index is 9.96. The zero-order valence-corrected chi connectivity index (χ0v) is 12.2. The lowest BCUT2D eigenvalue weighted by Gasteiger charge is -2.32. The molecule has 0 amide bonds. The molecule has 3 aliphatic rings. The summed E-state index contributed by atoms with van der Waals surface area (Å²) in [6, 6.07) is 4.60. The molecule has 0 radical (unpaired) electrons. The van der Waals surface area contributed by atoms with E-state index in [1.54, 1.807) is 5.70 Å². The monoisotopic (exact) mass is 269 g/mol. The molecule has 1 N–H and O–H groups in total. The van der Waals surface area contributed by atoms with E-state index in [-0.39, 0.29) is 0 Å². The van der Waals surface area contributed by atoms with Crippen molar-refractivity contribution >= 4 is 5.69 Å². The molecule has 0 spiro atoms. The second-order valence-electron chi connectivity index (χ2n) is 6.62. The van der Waals surface area contributed by atoms with Crippen molar-refractivity contribution in [3.63, 3.8) is 0 Å². The molecule has 1 aromatic rings. The minimum absolute atomic E-state index is 0.436. The number of aromatic hydroxyl groups is 1. The van der Waals surface area contributed by atoms with Gasteiger partial charge in [-0.3, -0.25) is 0 Å². The van der Waals surface area contributed by atoms with Crippen LogP contribution in [0.25, 0.3) is 0 Å². The molecule has 2 heteroatoms. The predicted octanol–water partition coefficient (Wildman–Crippen LogP) is 4.61. The van der Waals surface area contributed by atoms with Gasteiger partial charge in [0.25, 0.3) is 0 Å². The first-order valence-corrected chi connectivity index (χ1v) is 8.07. The Bertz CT molecular complexity index is 575. The fourth-order valence-corrected chi connectivity index (χ4v) is 4.57. The van der Waals surface area contributed by atoms with Crippen LogP contribution in [-0.2, 0) is 0 Å². The van der Waals surface area contributed by atoms with Gasteiger partial charge in [0, 0.05) is 23.3 Å². The Morgan fingerprint density at radius 2 is 2.05 bits per heavy atom. The molecule has 2 nitrogen and oxygen atoms in total. The number of phenols is 1. The molecule has 2 atom stereocenters. The fourth-order valence-electron chi connectivity index (χ4n) is 4.57. The zero-order chi connectivity index (χ0) is 13.7. The van der Waals surface area contributed by atoms with Gasteiger partial charge in [0.2, 0.25) is 0 Å². The molecule has 0 saturated heterocycles. The summed E-state index contributed by atoms with van der Waals surface area (Å²) in [6.45, 7) is 2.15. The Hall–Kier alpha value is -1.44. The molecular formula is C18H23NO. The van der Waals surface area contributed by atoms with Crippen molar-refractivity contribution in [1.82, 2.24) is 0 Å². The smallest absolute Gasteiger partial charge is 0.116 e. The van der Waals surface area contributed by atoms with Crippen molar-refractivity contribution in [3.8, 4) is 5.75 Å². The number of allylic oxidation sites excluding steroid dienone is 2. The lowest BCUT2D eigenvalue weighted by molar-refractivity contribution is 0.473. The summed E-state index contributed by atoms with van der Waals surface area (Å²) in [5.41, 5.74) is 5.59. The molecule has 1 fully saturated rings. The van der Waals surface area contributed by atoms with Crippen molar-refractivity contribution in [2.45, 2.75) is 63.8 Å². The van der Waals surface area contributed by atoms with E-state index in [4.69, 9.17) is 0 Å². The van der Waals surface area contributed by atoms with Crippen LogP contribution in [0, 0.1) is 6.92 Å². The highest BCUT2D eigenvalue weighted by molar-refractivity contribution is 5.71. The van der Waals surface area contributed by atoms with Gasteiger partial charge in [0.1, 0.15) is 5.75 Å². The van der Waals surface area contributed by atoms with E-state index in [2.05, 4.69) is 17.9 Å². The number of benzene rings is 1. The van der Waals surface area contributed by atoms with Crippen LogP contribution in [-0.4, -0.2) is 11.1 Å². The Morgan fingerprint density at radius 1 is 1.15 bits per heavy atom. The third-order valence-electron chi connectivity index (χ3n) is 5.34. The predicted molar refractivity (Wildman–Crippen MR) is 82.3 cm³/mol. The number of fused-ring (bicyclic) bond motifs is 3. The third-order valence-corrected chi connectivity index (χ3v) is 5.34. The summed E-state index contributed by atoms with van der Waals surface area (Å²) in [6.07, 6.45) is 11.5. The van der Waals surface area contributed by atoms with Gasteiger partial charge < -0.3 is 10.0 Å². The van der Waals surface area contributed by atoms with Crippen LogP contribution >= 0.6 is 0 Å². The third kappa shape index (κ3) is 1.70. The number of aryl methyl sites for hydroxylation is 1. The molecule has 0 aromatic heterocycles. The standard InChI is InChI=1S/C18H23NO/c1-12-10-14(20)11-16-15-8-5-9-17(15)19(18(12)16)13-6-3-2-4-7-13/h6,10-11,15,17,20H,2-5,7-9H2,1H3. The van der Waals surface area contributed by atoms with Crippen LogP contribution in [0.1, 0.15) is 62.0 Å². The summed E-state index contributed by atoms with van der Waals surface area (Å²) in [5, 5.41) is 9.96. The van der Waals surface area contributed by atoms with Crippen LogP contribution in [0.3, 0.4) is 0 Å². The highest BCUT2D eigenvalue weighted by Gasteiger charge is 2.43. The Labute approximate surface area is 121 Å². The van der Waals surface area contributed by atoms with Crippen LogP contribution in [0.2, 0.25) is 0 Å². The number of phenolic OH excluding ortho intramolecular Hbond substituents is 1. The van der Waals surface area contributed by atoms with Crippen LogP contribution < -0.4 is 4.90 Å². The number of nitrogens with zero attached hydrogens (tertiary/aromatic N) is 1. The Morgan fingerprint density at radius 3 is 2.85 bits per heavy atom. The minimum atomic E-state index is 0.436. The molecule has 1 aromatic carbocycles. The molecule has 2 unspecified atom stereocenters. The van der Waals surface area contributed by atoms with Gasteiger partial charge in [0.05, 0.1) is 0 Å². The van der Waals surface area contributed by atoms with E-state index in [0.29, 0.717) is 17.7 Å². The fraction of sp³-hybridized carbons (Fsp3) is 0.556. The molecule has 2 aliphatic carbocycles. The number of rotatable bonds is 1. The first-order valence-electron chi connectivity index (χ1n) is 8.07. The van der Waals surface area contributed by atoms with E-state index in [9.17, 15) is 5.11 Å². The normalized spacial score (nSPS) is 28.2. The first-order chi connectivity index (χ1) is 9.75. The zero-order valence-electron chi connectivity index (χ0n) is 12.2. The molecule has 4 rings (SSSR count). The second-order valence-corrected chi connectivity index (χ2v) is 6.62. The van der Waals surface area contributed by atoms with Gasteiger partial charge in [0.15, 0.2) is 0 Å². The van der Waals surface area contributed by atoms with Crippen LogP contribution in [0.4, 0.5) is 5.69 Å². The summed E-state index contributed by atoms with van der Waals surface area (Å²) in [5.74, 6) is 1.07. The Balaban J connectivity index is 1.86. The summed E-state index contributed by atoms with van der Waals surface area (Å²) < 4.78 is 0. The number of anilines is 1. The summed E-state index contributed by atoms with van der Waals surface area (Å²) in [7, 11) is 0. The average molecular weight is 269 g/mol. The van der Waals surface area contributed by atoms with Crippen molar-refractivity contribution in [2.75, 3.05) is 4.90 Å². The van der Waals surface area contributed by atoms with E-state index in [0.717, 1.165) is 0 Å². The number of hydrogen-bond acceptors (Lipinski definition) is 2. The van der Waals surface area contributed by atoms with Crippen molar-refractivity contribution < 1.29 is 5.11 Å². The molecule has 106 valence electrons. The Kier molecular flexibility index (Phi) is 2.80. The van der Waals surface area contributed by atoms with E-state index in [1.165, 1.54) is 61.8 Å². The van der Waals surface area contributed by atoms with E-state index >= 15 is 0 Å². The van der Waals surface area contributed by atoms with Crippen molar-refractivity contribution in [1.29, 1.82) is 0 Å². The maximum absolute atomic E-state index is 9.96. The lowest BCUT2D eigenvalue weighted by atomic mass is 9.96. The molecular weight excluding hydrogens is 246 g/mol. The minimum Gasteiger partial charge on any atom is -0.508 e. The van der Waals surface area contributed by atoms with Crippen LogP contribution in [0.5, 0.6) is 5.75 Å².